The van der Waals surface area contributed by atoms with Crippen molar-refractivity contribution in [3.05, 3.63) is 113 Å². The number of thiazole rings is 1. The van der Waals surface area contributed by atoms with E-state index in [1.54, 1.807) is 32.4 Å². The van der Waals surface area contributed by atoms with E-state index in [0.717, 1.165) is 27.1 Å². The summed E-state index contributed by atoms with van der Waals surface area (Å²) >= 11 is 4.85. The van der Waals surface area contributed by atoms with Crippen molar-refractivity contribution in [1.82, 2.24) is 9.13 Å². The monoisotopic (exact) mass is 619 g/mol. The summed E-state index contributed by atoms with van der Waals surface area (Å²) in [5.41, 5.74) is 5.34. The molecule has 1 atom stereocenters. The average Bonchev–Trinajstić information content (AvgIpc) is 3.37. The van der Waals surface area contributed by atoms with Crippen LogP contribution in [-0.4, -0.2) is 28.3 Å². The topological polar surface area (TPSA) is 74.8 Å². The summed E-state index contributed by atoms with van der Waals surface area (Å²) in [7, 11) is 1.57. The molecule has 4 aromatic rings. The van der Waals surface area contributed by atoms with Gasteiger partial charge >= 0.3 is 5.97 Å². The van der Waals surface area contributed by atoms with E-state index < -0.39 is 12.0 Å². The summed E-state index contributed by atoms with van der Waals surface area (Å²) < 4.78 is 16.4. The first kappa shape index (κ1) is 27.9. The van der Waals surface area contributed by atoms with Crippen molar-refractivity contribution in [2.45, 2.75) is 46.8 Å². The molecule has 9 heteroatoms. The number of aromatic nitrogens is 2. The zero-order valence-corrected chi connectivity index (χ0v) is 25.6. The Morgan fingerprint density at radius 2 is 1.82 bits per heavy atom. The van der Waals surface area contributed by atoms with Crippen LogP contribution >= 0.6 is 27.3 Å². The lowest BCUT2D eigenvalue weighted by Gasteiger charge is -2.26. The molecule has 0 saturated heterocycles. The van der Waals surface area contributed by atoms with Crippen LogP contribution in [0.4, 0.5) is 0 Å². The predicted octanol–water partition coefficient (Wildman–Crippen LogP) is 5.37. The number of hydrogen-bond donors (Lipinski definition) is 0. The van der Waals surface area contributed by atoms with Crippen LogP contribution in [0.1, 0.15) is 49.3 Å². The first-order valence-corrected chi connectivity index (χ1v) is 14.5. The number of allylic oxidation sites excluding steroid dienone is 1. The summed E-state index contributed by atoms with van der Waals surface area (Å²) in [6.07, 6.45) is 1.58. The molecule has 0 amide bonds. The number of hydrogen-bond acceptors (Lipinski definition) is 6. The van der Waals surface area contributed by atoms with E-state index in [-0.39, 0.29) is 11.7 Å². The molecule has 7 nitrogen and oxygen atoms in total. The number of fused-ring (bicyclic) bond motifs is 1. The maximum Gasteiger partial charge on any atom is 0.338 e. The predicted molar refractivity (Wildman–Crippen MR) is 161 cm³/mol. The Morgan fingerprint density at radius 1 is 1.10 bits per heavy atom. The molecule has 0 fully saturated rings. The molecule has 206 valence electrons. The molecule has 3 heterocycles. The first-order chi connectivity index (χ1) is 19.1. The Kier molecular flexibility index (Phi) is 7.70. The number of benzene rings is 2. The molecule has 0 radical (unpaired) electrons. The Hall–Kier alpha value is -3.69. The molecule has 5 rings (SSSR count). The van der Waals surface area contributed by atoms with Crippen molar-refractivity contribution in [3.8, 4) is 11.4 Å². The van der Waals surface area contributed by atoms with Gasteiger partial charge in [0.1, 0.15) is 11.8 Å². The highest BCUT2D eigenvalue weighted by atomic mass is 79.9. The van der Waals surface area contributed by atoms with Crippen molar-refractivity contribution >= 4 is 39.3 Å². The lowest BCUT2D eigenvalue weighted by Crippen LogP contribution is -2.40. The number of halogens is 1. The van der Waals surface area contributed by atoms with Crippen LogP contribution in [-0.2, 0) is 9.53 Å². The van der Waals surface area contributed by atoms with Gasteiger partial charge in [-0.3, -0.25) is 9.36 Å². The van der Waals surface area contributed by atoms with E-state index >= 15 is 0 Å². The average molecular weight is 621 g/mol. The van der Waals surface area contributed by atoms with Crippen LogP contribution in [0.3, 0.4) is 0 Å². The second kappa shape index (κ2) is 11.1. The van der Waals surface area contributed by atoms with Crippen molar-refractivity contribution < 1.29 is 14.3 Å². The standard InChI is InChI=1S/C31H30BrN3O4S/c1-17(2)39-30(37)27-19(4)33-31-35(28(27)24-16-22(32)12-13-25(24)38-6)29(36)26(40-31)15-21-14-18(3)34(20(21)5)23-10-8-7-9-11-23/h7-17,28H,1-6H3/b26-15-/t28-/m1/s1. The molecule has 1 aliphatic heterocycles. The van der Waals surface area contributed by atoms with Gasteiger partial charge in [-0.25, -0.2) is 9.79 Å². The van der Waals surface area contributed by atoms with Crippen molar-refractivity contribution in [2.24, 2.45) is 4.99 Å². The molecular weight excluding hydrogens is 590 g/mol. The first-order valence-electron chi connectivity index (χ1n) is 12.9. The highest BCUT2D eigenvalue weighted by Gasteiger charge is 2.35. The summed E-state index contributed by atoms with van der Waals surface area (Å²) in [5.74, 6) is 0.0442. The molecule has 0 unspecified atom stereocenters. The quantitative estimate of drug-likeness (QED) is 0.272. The van der Waals surface area contributed by atoms with Crippen molar-refractivity contribution in [1.29, 1.82) is 0 Å². The second-order valence-electron chi connectivity index (χ2n) is 9.92. The Balaban J connectivity index is 1.74. The third kappa shape index (κ3) is 4.99. The van der Waals surface area contributed by atoms with Gasteiger partial charge in [-0.2, -0.15) is 0 Å². The molecule has 2 aromatic heterocycles. The number of ether oxygens (including phenoxy) is 2. The lowest BCUT2D eigenvalue weighted by molar-refractivity contribution is -0.143. The smallest absolute Gasteiger partial charge is 0.338 e. The van der Waals surface area contributed by atoms with Gasteiger partial charge in [0.15, 0.2) is 4.80 Å². The number of methoxy groups -OCH3 is 1. The van der Waals surface area contributed by atoms with Gasteiger partial charge in [-0.05, 0) is 82.7 Å². The van der Waals surface area contributed by atoms with Gasteiger partial charge in [-0.15, -0.1) is 0 Å². The third-order valence-electron chi connectivity index (χ3n) is 6.84. The number of rotatable bonds is 6. The minimum atomic E-state index is -0.770. The Labute approximate surface area is 244 Å². The maximum absolute atomic E-state index is 14.1. The van der Waals surface area contributed by atoms with Gasteiger partial charge < -0.3 is 14.0 Å². The van der Waals surface area contributed by atoms with E-state index in [0.29, 0.717) is 31.9 Å². The van der Waals surface area contributed by atoms with Crippen LogP contribution in [0.25, 0.3) is 11.8 Å². The Bertz CT molecular complexity index is 1830. The maximum atomic E-state index is 14.1. The van der Waals surface area contributed by atoms with Crippen LogP contribution in [0.15, 0.2) is 80.1 Å². The molecule has 0 N–H and O–H groups in total. The molecule has 40 heavy (non-hydrogen) atoms. The fraction of sp³-hybridized carbons (Fsp3) is 0.258. The van der Waals surface area contributed by atoms with E-state index in [1.165, 1.54) is 11.3 Å². The fourth-order valence-electron chi connectivity index (χ4n) is 5.12. The van der Waals surface area contributed by atoms with Crippen molar-refractivity contribution in [2.75, 3.05) is 7.11 Å². The van der Waals surface area contributed by atoms with Crippen LogP contribution in [0.2, 0.25) is 0 Å². The number of nitrogens with zero attached hydrogens (tertiary/aromatic N) is 3. The van der Waals surface area contributed by atoms with Crippen molar-refractivity contribution in [3.63, 3.8) is 0 Å². The van der Waals surface area contributed by atoms with E-state index in [1.807, 2.05) is 49.4 Å². The van der Waals surface area contributed by atoms with Gasteiger partial charge in [-0.1, -0.05) is 45.5 Å². The van der Waals surface area contributed by atoms with Crippen LogP contribution in [0, 0.1) is 13.8 Å². The minimum Gasteiger partial charge on any atom is -0.496 e. The number of para-hydroxylation sites is 1. The third-order valence-corrected chi connectivity index (χ3v) is 8.32. The molecular formula is C31H30BrN3O4S. The molecule has 0 aliphatic carbocycles. The number of esters is 1. The summed E-state index contributed by atoms with van der Waals surface area (Å²) in [4.78, 5) is 32.7. The summed E-state index contributed by atoms with van der Waals surface area (Å²) in [6, 6.07) is 17.0. The van der Waals surface area contributed by atoms with Gasteiger partial charge in [0.05, 0.1) is 29.0 Å². The fourth-order valence-corrected chi connectivity index (χ4v) is 6.54. The van der Waals surface area contributed by atoms with E-state index in [2.05, 4.69) is 45.6 Å². The van der Waals surface area contributed by atoms with Gasteiger partial charge in [0.25, 0.3) is 5.56 Å². The zero-order chi connectivity index (χ0) is 28.7. The van der Waals surface area contributed by atoms with E-state index in [4.69, 9.17) is 14.5 Å². The summed E-state index contributed by atoms with van der Waals surface area (Å²) in [5, 5.41) is 0. The van der Waals surface area contributed by atoms with Gasteiger partial charge in [0.2, 0.25) is 0 Å². The normalized spacial score (nSPS) is 15.3. The molecule has 1 aliphatic rings. The number of carbonyl (C=O) groups is 1. The van der Waals surface area contributed by atoms with Gasteiger partial charge in [0, 0.05) is 27.1 Å². The van der Waals surface area contributed by atoms with E-state index in [9.17, 15) is 9.59 Å². The number of aryl methyl sites for hydroxylation is 1. The molecule has 0 saturated carbocycles. The highest BCUT2D eigenvalue weighted by molar-refractivity contribution is 9.10. The molecule has 0 spiro atoms. The Morgan fingerprint density at radius 3 is 2.50 bits per heavy atom. The largest absolute Gasteiger partial charge is 0.496 e. The SMILES string of the molecule is COc1ccc(Br)cc1[C@@H]1C(C(=O)OC(C)C)=C(C)N=c2s/c(=C\c3cc(C)n(-c4ccccc4)c3C)c(=O)n21. The minimum absolute atomic E-state index is 0.234. The molecule has 0 bridgehead atoms. The lowest BCUT2D eigenvalue weighted by atomic mass is 9.95. The second-order valence-corrected chi connectivity index (χ2v) is 11.8. The number of carbonyl (C=O) groups excluding carboxylic acids is 1. The highest BCUT2D eigenvalue weighted by Crippen LogP contribution is 2.37. The summed E-state index contributed by atoms with van der Waals surface area (Å²) in [6.45, 7) is 9.46. The van der Waals surface area contributed by atoms with Crippen LogP contribution in [0.5, 0.6) is 5.75 Å². The zero-order valence-electron chi connectivity index (χ0n) is 23.2. The van der Waals surface area contributed by atoms with Crippen LogP contribution < -0.4 is 19.6 Å². The molecule has 2 aromatic carbocycles.